The van der Waals surface area contributed by atoms with E-state index in [9.17, 15) is 4.79 Å². The molecule has 0 radical (unpaired) electrons. The van der Waals surface area contributed by atoms with Gasteiger partial charge in [-0.15, -0.1) is 0 Å². The quantitative estimate of drug-likeness (QED) is 0.625. The maximum absolute atomic E-state index is 12.1. The van der Waals surface area contributed by atoms with E-state index in [1.165, 1.54) is 0 Å². The number of rotatable bonds is 5. The summed E-state index contributed by atoms with van der Waals surface area (Å²) in [7, 11) is 1.56. The average molecular weight is 323 g/mol. The molecular weight excluding hydrogens is 306 g/mol. The third kappa shape index (κ3) is 3.30. The molecule has 0 fully saturated rings. The van der Waals surface area contributed by atoms with Crippen LogP contribution in [0.5, 0.6) is 11.5 Å². The molecule has 0 unspecified atom stereocenters. The van der Waals surface area contributed by atoms with E-state index in [0.717, 1.165) is 11.3 Å². The smallest absolute Gasteiger partial charge is 0.363 e. The second-order valence-corrected chi connectivity index (χ2v) is 5.04. The second-order valence-electron chi connectivity index (χ2n) is 5.04. The topological polar surface area (TPSA) is 57.1 Å². The second kappa shape index (κ2) is 7.00. The molecule has 2 aromatic carbocycles. The Bertz CT molecular complexity index is 806. The molecule has 0 saturated carbocycles. The van der Waals surface area contributed by atoms with Crippen LogP contribution in [-0.2, 0) is 9.53 Å². The maximum Gasteiger partial charge on any atom is 0.363 e. The molecule has 1 heterocycles. The molecule has 2 aromatic rings. The van der Waals surface area contributed by atoms with Crippen molar-refractivity contribution in [2.75, 3.05) is 13.7 Å². The average Bonchev–Trinajstić information content (AvgIpc) is 2.97. The fourth-order valence-electron chi connectivity index (χ4n) is 2.33. The normalized spacial score (nSPS) is 15.2. The SMILES string of the molecule is CCOc1ccc(C=C2N=C(c3ccccc3OC)OC2=O)cc1. The standard InChI is InChI=1S/C19H17NO4/c1-3-23-14-10-8-13(9-11-14)12-16-19(21)24-18(20-16)15-6-4-5-7-17(15)22-2/h4-12H,3H2,1-2H3. The van der Waals surface area contributed by atoms with Crippen molar-refractivity contribution in [1.29, 1.82) is 0 Å². The fraction of sp³-hybridized carbons (Fsp3) is 0.158. The lowest BCUT2D eigenvalue weighted by Gasteiger charge is -2.05. The number of methoxy groups -OCH3 is 1. The van der Waals surface area contributed by atoms with Crippen molar-refractivity contribution in [3.05, 3.63) is 65.4 Å². The summed E-state index contributed by atoms with van der Waals surface area (Å²) in [5.41, 5.74) is 1.74. The molecule has 1 aliphatic rings. The van der Waals surface area contributed by atoms with Gasteiger partial charge in [0.1, 0.15) is 11.5 Å². The molecule has 24 heavy (non-hydrogen) atoms. The zero-order valence-electron chi connectivity index (χ0n) is 13.5. The Kier molecular flexibility index (Phi) is 4.61. The van der Waals surface area contributed by atoms with Crippen molar-refractivity contribution in [2.24, 2.45) is 4.99 Å². The van der Waals surface area contributed by atoms with Gasteiger partial charge in [0.15, 0.2) is 5.70 Å². The van der Waals surface area contributed by atoms with Crippen LogP contribution in [0.3, 0.4) is 0 Å². The molecule has 0 saturated heterocycles. The van der Waals surface area contributed by atoms with Crippen LogP contribution in [0, 0.1) is 0 Å². The van der Waals surface area contributed by atoms with Crippen molar-refractivity contribution in [3.8, 4) is 11.5 Å². The van der Waals surface area contributed by atoms with E-state index in [2.05, 4.69) is 4.99 Å². The lowest BCUT2D eigenvalue weighted by molar-refractivity contribution is -0.129. The van der Waals surface area contributed by atoms with E-state index in [-0.39, 0.29) is 11.6 Å². The summed E-state index contributed by atoms with van der Waals surface area (Å²) in [4.78, 5) is 16.4. The summed E-state index contributed by atoms with van der Waals surface area (Å²) in [6.45, 7) is 2.54. The van der Waals surface area contributed by atoms with Crippen LogP contribution in [0.1, 0.15) is 18.1 Å². The molecule has 122 valence electrons. The van der Waals surface area contributed by atoms with E-state index in [1.807, 2.05) is 43.3 Å². The molecule has 0 bridgehead atoms. The molecule has 5 nitrogen and oxygen atoms in total. The van der Waals surface area contributed by atoms with Gasteiger partial charge in [0.25, 0.3) is 0 Å². The third-order valence-corrected chi connectivity index (χ3v) is 3.45. The van der Waals surface area contributed by atoms with Gasteiger partial charge in [0.05, 0.1) is 19.3 Å². The first-order valence-corrected chi connectivity index (χ1v) is 7.60. The number of nitrogens with zero attached hydrogens (tertiary/aromatic N) is 1. The zero-order chi connectivity index (χ0) is 16.9. The van der Waals surface area contributed by atoms with Crippen molar-refractivity contribution >= 4 is 17.9 Å². The summed E-state index contributed by atoms with van der Waals surface area (Å²) in [6.07, 6.45) is 1.68. The van der Waals surface area contributed by atoms with Gasteiger partial charge in [-0.05, 0) is 42.8 Å². The zero-order valence-corrected chi connectivity index (χ0v) is 13.5. The largest absolute Gasteiger partial charge is 0.496 e. The van der Waals surface area contributed by atoms with Crippen LogP contribution in [0.4, 0.5) is 0 Å². The molecule has 0 aliphatic carbocycles. The molecule has 5 heteroatoms. The highest BCUT2D eigenvalue weighted by molar-refractivity contribution is 6.13. The number of para-hydroxylation sites is 1. The number of ether oxygens (including phenoxy) is 3. The van der Waals surface area contributed by atoms with Gasteiger partial charge in [-0.25, -0.2) is 9.79 Å². The summed E-state index contributed by atoms with van der Waals surface area (Å²) < 4.78 is 16.0. The Hall–Kier alpha value is -3.08. The number of hydrogen-bond acceptors (Lipinski definition) is 5. The van der Waals surface area contributed by atoms with Gasteiger partial charge in [0.2, 0.25) is 5.90 Å². The summed E-state index contributed by atoms with van der Waals surface area (Å²) >= 11 is 0. The summed E-state index contributed by atoms with van der Waals surface area (Å²) in [6, 6.07) is 14.7. The van der Waals surface area contributed by atoms with Crippen LogP contribution in [0.2, 0.25) is 0 Å². The molecule has 0 aromatic heterocycles. The number of esters is 1. The van der Waals surface area contributed by atoms with E-state index >= 15 is 0 Å². The van der Waals surface area contributed by atoms with Gasteiger partial charge in [-0.1, -0.05) is 24.3 Å². The monoisotopic (exact) mass is 323 g/mol. The van der Waals surface area contributed by atoms with E-state index < -0.39 is 5.97 Å². The number of carbonyl (C=O) groups is 1. The highest BCUT2D eigenvalue weighted by Gasteiger charge is 2.26. The number of aliphatic imine (C=N–C) groups is 1. The molecule has 0 N–H and O–H groups in total. The van der Waals surface area contributed by atoms with Crippen molar-refractivity contribution in [2.45, 2.75) is 6.92 Å². The molecule has 0 atom stereocenters. The predicted octanol–water partition coefficient (Wildman–Crippen LogP) is 3.44. The molecular formula is C19H17NO4. The van der Waals surface area contributed by atoms with Crippen LogP contribution in [-0.4, -0.2) is 25.6 Å². The van der Waals surface area contributed by atoms with E-state index in [4.69, 9.17) is 14.2 Å². The van der Waals surface area contributed by atoms with Gasteiger partial charge >= 0.3 is 5.97 Å². The van der Waals surface area contributed by atoms with E-state index in [0.29, 0.717) is 17.9 Å². The Labute approximate surface area is 140 Å². The molecule has 3 rings (SSSR count). The molecule has 0 amide bonds. The first-order valence-electron chi connectivity index (χ1n) is 7.60. The third-order valence-electron chi connectivity index (χ3n) is 3.45. The molecule has 0 spiro atoms. The van der Waals surface area contributed by atoms with Crippen molar-refractivity contribution in [3.63, 3.8) is 0 Å². The van der Waals surface area contributed by atoms with Crippen LogP contribution in [0.15, 0.2) is 59.2 Å². The van der Waals surface area contributed by atoms with Crippen molar-refractivity contribution < 1.29 is 19.0 Å². The van der Waals surface area contributed by atoms with Gasteiger partial charge < -0.3 is 14.2 Å². The summed E-state index contributed by atoms with van der Waals surface area (Å²) in [5.74, 6) is 1.15. The minimum atomic E-state index is -0.482. The predicted molar refractivity (Wildman–Crippen MR) is 91.2 cm³/mol. The Morgan fingerprint density at radius 3 is 2.58 bits per heavy atom. The van der Waals surface area contributed by atoms with Gasteiger partial charge in [-0.2, -0.15) is 0 Å². The number of hydrogen-bond donors (Lipinski definition) is 0. The highest BCUT2D eigenvalue weighted by atomic mass is 16.6. The fourth-order valence-corrected chi connectivity index (χ4v) is 2.33. The first-order chi connectivity index (χ1) is 11.7. The lowest BCUT2D eigenvalue weighted by Crippen LogP contribution is -2.06. The number of benzene rings is 2. The van der Waals surface area contributed by atoms with Crippen LogP contribution < -0.4 is 9.47 Å². The maximum atomic E-state index is 12.1. The van der Waals surface area contributed by atoms with Crippen molar-refractivity contribution in [1.82, 2.24) is 0 Å². The van der Waals surface area contributed by atoms with Gasteiger partial charge in [0, 0.05) is 0 Å². The Morgan fingerprint density at radius 2 is 1.88 bits per heavy atom. The first kappa shape index (κ1) is 15.8. The highest BCUT2D eigenvalue weighted by Crippen LogP contribution is 2.25. The number of carbonyl (C=O) groups excluding carboxylic acids is 1. The Morgan fingerprint density at radius 1 is 1.12 bits per heavy atom. The Balaban J connectivity index is 1.88. The number of cyclic esters (lactones) is 1. The van der Waals surface area contributed by atoms with Crippen LogP contribution in [0.25, 0.3) is 6.08 Å². The van der Waals surface area contributed by atoms with Gasteiger partial charge in [-0.3, -0.25) is 0 Å². The molecule has 1 aliphatic heterocycles. The summed E-state index contributed by atoms with van der Waals surface area (Å²) in [5, 5.41) is 0. The minimum Gasteiger partial charge on any atom is -0.496 e. The minimum absolute atomic E-state index is 0.245. The van der Waals surface area contributed by atoms with Crippen LogP contribution >= 0.6 is 0 Å². The van der Waals surface area contributed by atoms with E-state index in [1.54, 1.807) is 25.3 Å². The lowest BCUT2D eigenvalue weighted by atomic mass is 10.2.